The molecule has 0 heterocycles. The number of rotatable bonds is 4. The largest absolute Gasteiger partial charge is 0.496 e. The van der Waals surface area contributed by atoms with Crippen LogP contribution in [-0.2, 0) is 4.79 Å². The molecule has 0 fully saturated rings. The lowest BCUT2D eigenvalue weighted by Crippen LogP contribution is -2.36. The first-order valence-electron chi connectivity index (χ1n) is 5.50. The van der Waals surface area contributed by atoms with Gasteiger partial charge in [-0.3, -0.25) is 0 Å². The number of carboxylic acids is 1. The van der Waals surface area contributed by atoms with Crippen molar-refractivity contribution in [1.82, 2.24) is 0 Å². The third kappa shape index (κ3) is 2.52. The Kier molecular flexibility index (Phi) is 3.99. The quantitative estimate of drug-likeness (QED) is 0.872. The molecule has 1 aromatic carbocycles. The number of anilines is 1. The molecule has 0 amide bonds. The number of benzene rings is 1. The minimum absolute atomic E-state index is 0.554. The maximum absolute atomic E-state index is 11.0. The third-order valence-corrected chi connectivity index (χ3v) is 3.25. The highest BCUT2D eigenvalue weighted by atomic mass is 16.5. The summed E-state index contributed by atoms with van der Waals surface area (Å²) in [4.78, 5) is 12.7. The fraction of sp³-hybridized carbons (Fsp3) is 0.462. The molecule has 0 radical (unpaired) electrons. The lowest BCUT2D eigenvalue weighted by atomic mass is 10.1. The summed E-state index contributed by atoms with van der Waals surface area (Å²) in [7, 11) is 3.41. The van der Waals surface area contributed by atoms with Crippen molar-refractivity contribution in [2.45, 2.75) is 26.8 Å². The van der Waals surface area contributed by atoms with Crippen LogP contribution in [-0.4, -0.2) is 31.3 Å². The molecule has 17 heavy (non-hydrogen) atoms. The van der Waals surface area contributed by atoms with E-state index < -0.39 is 12.0 Å². The minimum Gasteiger partial charge on any atom is -0.496 e. The molecule has 0 saturated heterocycles. The van der Waals surface area contributed by atoms with Gasteiger partial charge in [0.1, 0.15) is 11.8 Å². The van der Waals surface area contributed by atoms with Gasteiger partial charge in [0.25, 0.3) is 0 Å². The van der Waals surface area contributed by atoms with E-state index in [1.807, 2.05) is 26.0 Å². The Hall–Kier alpha value is -1.71. The van der Waals surface area contributed by atoms with Gasteiger partial charge in [-0.2, -0.15) is 0 Å². The van der Waals surface area contributed by atoms with E-state index in [0.29, 0.717) is 0 Å². The third-order valence-electron chi connectivity index (χ3n) is 3.25. The van der Waals surface area contributed by atoms with E-state index in [0.717, 1.165) is 22.6 Å². The van der Waals surface area contributed by atoms with Crippen LogP contribution in [0.3, 0.4) is 0 Å². The molecule has 1 aromatic rings. The van der Waals surface area contributed by atoms with Gasteiger partial charge in [0.2, 0.25) is 0 Å². The number of hydrogen-bond donors (Lipinski definition) is 1. The summed E-state index contributed by atoms with van der Waals surface area (Å²) in [6.07, 6.45) is 0. The van der Waals surface area contributed by atoms with Gasteiger partial charge < -0.3 is 14.7 Å². The molecule has 0 aliphatic carbocycles. The van der Waals surface area contributed by atoms with Crippen LogP contribution in [0.2, 0.25) is 0 Å². The standard InChI is InChI=1S/C13H19NO3/c1-8-9(2)12(17-5)7-6-11(8)14(4)10(3)13(15)16/h6-7,10H,1-5H3,(H,15,16). The summed E-state index contributed by atoms with van der Waals surface area (Å²) >= 11 is 0. The molecule has 4 heteroatoms. The zero-order valence-corrected chi connectivity index (χ0v) is 10.9. The minimum atomic E-state index is -0.833. The number of aliphatic carboxylic acids is 1. The Labute approximate surface area is 102 Å². The normalized spacial score (nSPS) is 12.1. The second-order valence-electron chi connectivity index (χ2n) is 4.16. The number of hydrogen-bond acceptors (Lipinski definition) is 3. The van der Waals surface area contributed by atoms with E-state index in [4.69, 9.17) is 9.84 Å². The van der Waals surface area contributed by atoms with Gasteiger partial charge in [-0.1, -0.05) is 0 Å². The van der Waals surface area contributed by atoms with Crippen molar-refractivity contribution in [3.63, 3.8) is 0 Å². The van der Waals surface area contributed by atoms with E-state index in [2.05, 4.69) is 0 Å². The van der Waals surface area contributed by atoms with Crippen LogP contribution in [0.5, 0.6) is 5.75 Å². The van der Waals surface area contributed by atoms with Crippen LogP contribution >= 0.6 is 0 Å². The smallest absolute Gasteiger partial charge is 0.326 e. The number of likely N-dealkylation sites (N-methyl/N-ethyl adjacent to an activating group) is 1. The topological polar surface area (TPSA) is 49.8 Å². The van der Waals surface area contributed by atoms with Gasteiger partial charge >= 0.3 is 5.97 Å². The molecule has 4 nitrogen and oxygen atoms in total. The first-order chi connectivity index (χ1) is 7.90. The number of carboxylic acid groups (broad SMARTS) is 1. The number of nitrogens with zero attached hydrogens (tertiary/aromatic N) is 1. The lowest BCUT2D eigenvalue weighted by molar-refractivity contribution is -0.138. The van der Waals surface area contributed by atoms with Gasteiger partial charge in [-0.25, -0.2) is 4.79 Å². The highest BCUT2D eigenvalue weighted by Crippen LogP contribution is 2.30. The summed E-state index contributed by atoms with van der Waals surface area (Å²) < 4.78 is 5.23. The molecule has 0 saturated carbocycles. The van der Waals surface area contributed by atoms with Gasteiger partial charge in [-0.15, -0.1) is 0 Å². The van der Waals surface area contributed by atoms with E-state index >= 15 is 0 Å². The second kappa shape index (κ2) is 5.08. The van der Waals surface area contributed by atoms with Crippen molar-refractivity contribution in [3.05, 3.63) is 23.3 Å². The van der Waals surface area contributed by atoms with Crippen LogP contribution in [0.15, 0.2) is 12.1 Å². The van der Waals surface area contributed by atoms with E-state index in [1.165, 1.54) is 0 Å². The van der Waals surface area contributed by atoms with Crippen molar-refractivity contribution in [1.29, 1.82) is 0 Å². The van der Waals surface area contributed by atoms with E-state index in [1.54, 1.807) is 26.0 Å². The fourth-order valence-electron chi connectivity index (χ4n) is 1.76. The molecule has 1 rings (SSSR count). The van der Waals surface area contributed by atoms with Crippen molar-refractivity contribution >= 4 is 11.7 Å². The fourth-order valence-corrected chi connectivity index (χ4v) is 1.76. The van der Waals surface area contributed by atoms with Gasteiger partial charge in [0.05, 0.1) is 7.11 Å². The van der Waals surface area contributed by atoms with Crippen LogP contribution in [0.1, 0.15) is 18.1 Å². The molecule has 1 N–H and O–H groups in total. The predicted octanol–water partition coefficient (Wildman–Crippen LogP) is 2.22. The predicted molar refractivity (Wildman–Crippen MR) is 68.0 cm³/mol. The first kappa shape index (κ1) is 13.4. The average Bonchev–Trinajstić information content (AvgIpc) is 2.30. The molecule has 0 aliphatic heterocycles. The van der Waals surface area contributed by atoms with E-state index in [9.17, 15) is 4.79 Å². The lowest BCUT2D eigenvalue weighted by Gasteiger charge is -2.26. The zero-order valence-electron chi connectivity index (χ0n) is 10.9. The zero-order chi connectivity index (χ0) is 13.2. The van der Waals surface area contributed by atoms with Crippen LogP contribution in [0, 0.1) is 13.8 Å². The molecule has 0 aromatic heterocycles. The van der Waals surface area contributed by atoms with Gasteiger partial charge in [0.15, 0.2) is 0 Å². The second-order valence-corrected chi connectivity index (χ2v) is 4.16. The molecule has 0 bridgehead atoms. The maximum Gasteiger partial charge on any atom is 0.326 e. The number of methoxy groups -OCH3 is 1. The van der Waals surface area contributed by atoms with Gasteiger partial charge in [-0.05, 0) is 44.0 Å². The summed E-state index contributed by atoms with van der Waals surface area (Å²) in [5.41, 5.74) is 2.99. The van der Waals surface area contributed by atoms with Crippen LogP contribution < -0.4 is 9.64 Å². The molecular weight excluding hydrogens is 218 g/mol. The van der Waals surface area contributed by atoms with Crippen LogP contribution in [0.25, 0.3) is 0 Å². The van der Waals surface area contributed by atoms with Crippen LogP contribution in [0.4, 0.5) is 5.69 Å². The Morgan fingerprint density at radius 2 is 1.94 bits per heavy atom. The summed E-state index contributed by atoms with van der Waals surface area (Å²) in [5.74, 6) is -0.0111. The van der Waals surface area contributed by atoms with E-state index in [-0.39, 0.29) is 0 Å². The summed E-state index contributed by atoms with van der Waals surface area (Å²) in [6, 6.07) is 3.20. The average molecular weight is 237 g/mol. The van der Waals surface area contributed by atoms with Crippen molar-refractivity contribution < 1.29 is 14.6 Å². The molecular formula is C13H19NO3. The van der Waals surface area contributed by atoms with Gasteiger partial charge in [0, 0.05) is 12.7 Å². The summed E-state index contributed by atoms with van der Waals surface area (Å²) in [5, 5.41) is 9.01. The highest BCUT2D eigenvalue weighted by molar-refractivity contribution is 5.78. The molecule has 1 atom stereocenters. The summed E-state index contributed by atoms with van der Waals surface area (Å²) in [6.45, 7) is 5.61. The monoisotopic (exact) mass is 237 g/mol. The Balaban J connectivity index is 3.16. The van der Waals surface area contributed by atoms with Crippen molar-refractivity contribution in [2.75, 3.05) is 19.1 Å². The molecule has 0 spiro atoms. The highest BCUT2D eigenvalue weighted by Gasteiger charge is 2.19. The van der Waals surface area contributed by atoms with Crippen molar-refractivity contribution in [2.24, 2.45) is 0 Å². The molecule has 1 unspecified atom stereocenters. The molecule has 94 valence electrons. The maximum atomic E-state index is 11.0. The molecule has 0 aliphatic rings. The SMILES string of the molecule is COc1ccc(N(C)C(C)C(=O)O)c(C)c1C. The number of ether oxygens (including phenoxy) is 1. The van der Waals surface area contributed by atoms with Crippen molar-refractivity contribution in [3.8, 4) is 5.75 Å². The Morgan fingerprint density at radius 1 is 1.35 bits per heavy atom. The number of carbonyl (C=O) groups is 1. The Morgan fingerprint density at radius 3 is 2.41 bits per heavy atom. The Bertz CT molecular complexity index is 429. The first-order valence-corrected chi connectivity index (χ1v) is 5.50.